The van der Waals surface area contributed by atoms with Gasteiger partial charge in [-0.2, -0.15) is 0 Å². The van der Waals surface area contributed by atoms with E-state index in [-0.39, 0.29) is 21.1 Å². The predicted molar refractivity (Wildman–Crippen MR) is 69.3 cm³/mol. The second-order valence-corrected chi connectivity index (χ2v) is 4.27. The first kappa shape index (κ1) is 13.0. The normalized spacial score (nSPS) is 10.2. The number of hydrogen-bond acceptors (Lipinski definition) is 4. The van der Waals surface area contributed by atoms with E-state index in [9.17, 15) is 4.79 Å². The number of anilines is 1. The molecule has 0 unspecified atom stereocenters. The van der Waals surface area contributed by atoms with Crippen LogP contribution in [-0.4, -0.2) is 20.9 Å². The lowest BCUT2D eigenvalue weighted by Gasteiger charge is -2.06. The highest BCUT2D eigenvalue weighted by Gasteiger charge is 2.12. The van der Waals surface area contributed by atoms with E-state index in [1.807, 2.05) is 0 Å². The minimum Gasteiger partial charge on any atom is -0.305 e. The molecule has 0 spiro atoms. The summed E-state index contributed by atoms with van der Waals surface area (Å²) in [6.45, 7) is 0. The number of carbonyl (C=O) groups excluding carboxylic acids is 1. The van der Waals surface area contributed by atoms with Gasteiger partial charge in [-0.25, -0.2) is 15.0 Å². The molecule has 2 aromatic rings. The third-order valence-electron chi connectivity index (χ3n) is 1.97. The fourth-order valence-corrected chi connectivity index (χ4v) is 1.61. The molecule has 0 aliphatic carbocycles. The summed E-state index contributed by atoms with van der Waals surface area (Å²) in [4.78, 5) is 23.1. The van der Waals surface area contributed by atoms with E-state index >= 15 is 0 Å². The maximum absolute atomic E-state index is 11.9. The van der Waals surface area contributed by atoms with Crippen molar-refractivity contribution in [1.82, 2.24) is 15.0 Å². The van der Waals surface area contributed by atoms with E-state index in [2.05, 4.69) is 20.3 Å². The highest BCUT2D eigenvalue weighted by molar-refractivity contribution is 6.43. The lowest BCUT2D eigenvalue weighted by Crippen LogP contribution is -2.13. The second-order valence-electron chi connectivity index (χ2n) is 3.15. The smallest absolute Gasteiger partial charge is 0.257 e. The van der Waals surface area contributed by atoms with Crippen molar-refractivity contribution >= 4 is 46.5 Å². The first-order valence-corrected chi connectivity index (χ1v) is 5.80. The number of halogens is 3. The van der Waals surface area contributed by atoms with Gasteiger partial charge in [-0.3, -0.25) is 4.79 Å². The lowest BCUT2D eigenvalue weighted by atomic mass is 10.2. The van der Waals surface area contributed by atoms with Crippen molar-refractivity contribution in [2.24, 2.45) is 0 Å². The van der Waals surface area contributed by atoms with E-state index in [4.69, 9.17) is 34.8 Å². The van der Waals surface area contributed by atoms with Gasteiger partial charge in [0.2, 0.25) is 0 Å². The summed E-state index contributed by atoms with van der Waals surface area (Å²) in [6.07, 6.45) is 2.62. The summed E-state index contributed by atoms with van der Waals surface area (Å²) in [5, 5.41) is 2.86. The van der Waals surface area contributed by atoms with Crippen LogP contribution in [-0.2, 0) is 0 Å². The number of pyridine rings is 1. The number of amides is 1. The molecule has 1 N–H and O–H groups in total. The Bertz CT molecular complexity index is 605. The quantitative estimate of drug-likeness (QED) is 0.684. The van der Waals surface area contributed by atoms with Crippen LogP contribution in [0.3, 0.4) is 0 Å². The molecular weight excluding hydrogens is 298 g/mol. The summed E-state index contributed by atoms with van der Waals surface area (Å²) in [5.41, 5.74) is 0.334. The van der Waals surface area contributed by atoms with Crippen LogP contribution in [0.15, 0.2) is 24.7 Å². The molecule has 0 aliphatic heterocycles. The van der Waals surface area contributed by atoms with Gasteiger partial charge >= 0.3 is 0 Å². The van der Waals surface area contributed by atoms with Crippen molar-refractivity contribution in [3.8, 4) is 0 Å². The molecule has 0 radical (unpaired) electrons. The molecule has 2 rings (SSSR count). The van der Waals surface area contributed by atoms with Gasteiger partial charge in [-0.1, -0.05) is 34.8 Å². The molecule has 2 aromatic heterocycles. The van der Waals surface area contributed by atoms with Crippen molar-refractivity contribution < 1.29 is 4.79 Å². The SMILES string of the molecule is O=C(Nc1ncnc(Cl)c1Cl)c1ccnc(Cl)c1. The van der Waals surface area contributed by atoms with Crippen LogP contribution in [0.5, 0.6) is 0 Å². The van der Waals surface area contributed by atoms with Gasteiger partial charge in [0.25, 0.3) is 5.91 Å². The van der Waals surface area contributed by atoms with Crippen LogP contribution in [0.1, 0.15) is 10.4 Å². The maximum Gasteiger partial charge on any atom is 0.257 e. The van der Waals surface area contributed by atoms with E-state index < -0.39 is 5.91 Å². The molecule has 18 heavy (non-hydrogen) atoms. The molecule has 92 valence electrons. The average molecular weight is 304 g/mol. The molecule has 0 fully saturated rings. The number of rotatable bonds is 2. The second kappa shape index (κ2) is 5.48. The van der Waals surface area contributed by atoms with Gasteiger partial charge < -0.3 is 5.32 Å². The Morgan fingerprint density at radius 3 is 2.67 bits per heavy atom. The Morgan fingerprint density at radius 1 is 1.17 bits per heavy atom. The topological polar surface area (TPSA) is 67.8 Å². The van der Waals surface area contributed by atoms with Gasteiger partial charge in [0, 0.05) is 11.8 Å². The number of carbonyl (C=O) groups is 1. The molecule has 0 aromatic carbocycles. The zero-order valence-corrected chi connectivity index (χ0v) is 11.0. The summed E-state index contributed by atoms with van der Waals surface area (Å²) >= 11 is 17.2. The summed E-state index contributed by atoms with van der Waals surface area (Å²) in [7, 11) is 0. The molecule has 5 nitrogen and oxygen atoms in total. The number of nitrogens with one attached hydrogen (secondary N) is 1. The van der Waals surface area contributed by atoms with Gasteiger partial charge in [-0.05, 0) is 12.1 Å². The number of aromatic nitrogens is 3. The first-order valence-electron chi connectivity index (χ1n) is 4.67. The zero-order chi connectivity index (χ0) is 13.1. The minimum absolute atomic E-state index is 0.0646. The molecular formula is C10H5Cl3N4O. The van der Waals surface area contributed by atoms with E-state index in [1.54, 1.807) is 0 Å². The fourth-order valence-electron chi connectivity index (χ4n) is 1.16. The van der Waals surface area contributed by atoms with Gasteiger partial charge in [-0.15, -0.1) is 0 Å². The van der Waals surface area contributed by atoms with Crippen molar-refractivity contribution in [1.29, 1.82) is 0 Å². The molecule has 2 heterocycles. The lowest BCUT2D eigenvalue weighted by molar-refractivity contribution is 0.102. The number of nitrogens with zero attached hydrogens (tertiary/aromatic N) is 3. The van der Waals surface area contributed by atoms with Crippen LogP contribution < -0.4 is 5.32 Å². The summed E-state index contributed by atoms with van der Waals surface area (Å²) in [6, 6.07) is 2.94. The minimum atomic E-state index is -0.420. The Balaban J connectivity index is 2.24. The Morgan fingerprint density at radius 2 is 1.94 bits per heavy atom. The molecule has 0 saturated carbocycles. The highest BCUT2D eigenvalue weighted by Crippen LogP contribution is 2.25. The van der Waals surface area contributed by atoms with E-state index in [0.29, 0.717) is 5.56 Å². The molecule has 1 amide bonds. The zero-order valence-electron chi connectivity index (χ0n) is 8.69. The summed E-state index contributed by atoms with van der Waals surface area (Å²) in [5.74, 6) is -0.287. The van der Waals surface area contributed by atoms with Crippen molar-refractivity contribution in [3.05, 3.63) is 45.5 Å². The van der Waals surface area contributed by atoms with Crippen molar-refractivity contribution in [2.75, 3.05) is 5.32 Å². The third-order valence-corrected chi connectivity index (χ3v) is 2.92. The van der Waals surface area contributed by atoms with E-state index in [1.165, 1.54) is 24.7 Å². The predicted octanol–water partition coefficient (Wildman–Crippen LogP) is 3.08. The molecule has 0 saturated heterocycles. The van der Waals surface area contributed by atoms with Crippen LogP contribution in [0.2, 0.25) is 15.3 Å². The largest absolute Gasteiger partial charge is 0.305 e. The monoisotopic (exact) mass is 302 g/mol. The fraction of sp³-hybridized carbons (Fsp3) is 0. The highest BCUT2D eigenvalue weighted by atomic mass is 35.5. The van der Waals surface area contributed by atoms with Gasteiger partial charge in [0.05, 0.1) is 0 Å². The Hall–Kier alpha value is -1.43. The van der Waals surface area contributed by atoms with Crippen LogP contribution in [0, 0.1) is 0 Å². The Labute approximate surface area is 117 Å². The molecule has 8 heteroatoms. The molecule has 0 atom stereocenters. The van der Waals surface area contributed by atoms with Crippen molar-refractivity contribution in [3.63, 3.8) is 0 Å². The molecule has 0 bridgehead atoms. The van der Waals surface area contributed by atoms with Crippen LogP contribution in [0.4, 0.5) is 5.82 Å². The average Bonchev–Trinajstić information content (AvgIpc) is 2.35. The first-order chi connectivity index (χ1) is 8.58. The molecule has 0 aliphatic rings. The Kier molecular flexibility index (Phi) is 3.96. The van der Waals surface area contributed by atoms with Crippen molar-refractivity contribution in [2.45, 2.75) is 0 Å². The van der Waals surface area contributed by atoms with Gasteiger partial charge in [0.15, 0.2) is 11.0 Å². The maximum atomic E-state index is 11.9. The van der Waals surface area contributed by atoms with Crippen LogP contribution in [0.25, 0.3) is 0 Å². The number of hydrogen-bond donors (Lipinski definition) is 1. The summed E-state index contributed by atoms with van der Waals surface area (Å²) < 4.78 is 0. The van der Waals surface area contributed by atoms with E-state index in [0.717, 1.165) is 0 Å². The standard InChI is InChI=1S/C10H5Cl3N4O/c11-6-3-5(1-2-14-6)10(18)17-9-7(12)8(13)15-4-16-9/h1-4H,(H,15,16,17,18). The third kappa shape index (κ3) is 2.87. The van der Waals surface area contributed by atoms with Gasteiger partial charge in [0.1, 0.15) is 16.5 Å². The van der Waals surface area contributed by atoms with Crippen LogP contribution >= 0.6 is 34.8 Å².